The Bertz CT molecular complexity index is 871. The van der Waals surface area contributed by atoms with Gasteiger partial charge in [-0.05, 0) is 29.8 Å². The van der Waals surface area contributed by atoms with E-state index in [0.717, 1.165) is 5.56 Å². The lowest BCUT2D eigenvalue weighted by Gasteiger charge is -2.34. The number of piperazine rings is 1. The molecule has 2 aromatic carbocycles. The van der Waals surface area contributed by atoms with Crippen LogP contribution in [0.15, 0.2) is 48.5 Å². The van der Waals surface area contributed by atoms with Crippen LogP contribution in [0.4, 0.5) is 8.78 Å². The lowest BCUT2D eigenvalue weighted by atomic mass is 10.1. The molecule has 3 rings (SSSR count). The van der Waals surface area contributed by atoms with Gasteiger partial charge in [0, 0.05) is 32.7 Å². The minimum absolute atomic E-state index is 0.117. The van der Waals surface area contributed by atoms with E-state index in [1.807, 2.05) is 6.07 Å². The third-order valence-corrected chi connectivity index (χ3v) is 4.24. The molecular formula is C20H20F2N2O5. The van der Waals surface area contributed by atoms with Gasteiger partial charge in [-0.15, -0.1) is 0 Å². The van der Waals surface area contributed by atoms with E-state index < -0.39 is 17.8 Å². The first kappa shape index (κ1) is 22.0. The van der Waals surface area contributed by atoms with Gasteiger partial charge in [-0.2, -0.15) is 0 Å². The summed E-state index contributed by atoms with van der Waals surface area (Å²) in [5.74, 6) is -4.64. The van der Waals surface area contributed by atoms with Crippen LogP contribution < -0.4 is 0 Å². The monoisotopic (exact) mass is 406 g/mol. The van der Waals surface area contributed by atoms with E-state index >= 15 is 0 Å². The van der Waals surface area contributed by atoms with Crippen LogP contribution in [-0.2, 0) is 16.1 Å². The Morgan fingerprint density at radius 2 is 1.48 bits per heavy atom. The average Bonchev–Trinajstić information content (AvgIpc) is 2.69. The van der Waals surface area contributed by atoms with Crippen LogP contribution in [0.3, 0.4) is 0 Å². The Balaban J connectivity index is 0.000000438. The van der Waals surface area contributed by atoms with E-state index in [0.29, 0.717) is 32.7 Å². The molecule has 2 aromatic rings. The van der Waals surface area contributed by atoms with Crippen molar-refractivity contribution < 1.29 is 33.4 Å². The van der Waals surface area contributed by atoms with Crippen molar-refractivity contribution in [1.29, 1.82) is 0 Å². The maximum absolute atomic E-state index is 13.7. The van der Waals surface area contributed by atoms with Gasteiger partial charge in [0.2, 0.25) is 0 Å². The molecule has 0 spiro atoms. The molecule has 1 amide bonds. The van der Waals surface area contributed by atoms with Crippen molar-refractivity contribution in [2.75, 3.05) is 26.2 Å². The van der Waals surface area contributed by atoms with E-state index in [-0.39, 0.29) is 17.3 Å². The summed E-state index contributed by atoms with van der Waals surface area (Å²) in [4.78, 5) is 34.4. The second-order valence-corrected chi connectivity index (χ2v) is 6.29. The summed E-state index contributed by atoms with van der Waals surface area (Å²) in [6.45, 7) is 3.12. The third-order valence-electron chi connectivity index (χ3n) is 4.24. The summed E-state index contributed by atoms with van der Waals surface area (Å²) in [6, 6.07) is 12.6. The molecule has 1 aliphatic rings. The minimum Gasteiger partial charge on any atom is -0.473 e. The molecule has 2 N–H and O–H groups in total. The van der Waals surface area contributed by atoms with E-state index in [1.165, 1.54) is 24.3 Å². The molecule has 0 atom stereocenters. The van der Waals surface area contributed by atoms with Gasteiger partial charge >= 0.3 is 11.9 Å². The number of rotatable bonds is 3. The predicted molar refractivity (Wildman–Crippen MR) is 99.3 cm³/mol. The maximum Gasteiger partial charge on any atom is 0.414 e. The number of carbonyl (C=O) groups excluding carboxylic acids is 1. The molecule has 0 aromatic heterocycles. The zero-order valence-electron chi connectivity index (χ0n) is 15.4. The average molecular weight is 406 g/mol. The lowest BCUT2D eigenvalue weighted by molar-refractivity contribution is -0.159. The van der Waals surface area contributed by atoms with Crippen molar-refractivity contribution in [2.24, 2.45) is 0 Å². The van der Waals surface area contributed by atoms with Gasteiger partial charge in [-0.25, -0.2) is 18.4 Å². The first-order valence-electron chi connectivity index (χ1n) is 8.74. The van der Waals surface area contributed by atoms with Crippen molar-refractivity contribution in [2.45, 2.75) is 6.54 Å². The van der Waals surface area contributed by atoms with Gasteiger partial charge in [-0.3, -0.25) is 9.69 Å². The summed E-state index contributed by atoms with van der Waals surface area (Å²) in [7, 11) is 0. The second kappa shape index (κ2) is 10.3. The van der Waals surface area contributed by atoms with Crippen LogP contribution in [0.5, 0.6) is 0 Å². The van der Waals surface area contributed by atoms with Crippen LogP contribution in [0, 0.1) is 11.6 Å². The molecule has 154 valence electrons. The van der Waals surface area contributed by atoms with Gasteiger partial charge in [0.15, 0.2) is 0 Å². The molecule has 7 nitrogen and oxygen atoms in total. The van der Waals surface area contributed by atoms with Crippen molar-refractivity contribution >= 4 is 17.8 Å². The molecule has 29 heavy (non-hydrogen) atoms. The van der Waals surface area contributed by atoms with Crippen LogP contribution in [0.1, 0.15) is 15.9 Å². The number of benzene rings is 2. The summed E-state index contributed by atoms with van der Waals surface area (Å²) in [5.41, 5.74) is 1.03. The van der Waals surface area contributed by atoms with E-state index in [4.69, 9.17) is 19.8 Å². The molecule has 1 fully saturated rings. The summed E-state index contributed by atoms with van der Waals surface area (Å²) in [6.07, 6.45) is 0. The highest BCUT2D eigenvalue weighted by atomic mass is 19.1. The highest BCUT2D eigenvalue weighted by molar-refractivity contribution is 6.27. The highest BCUT2D eigenvalue weighted by Crippen LogP contribution is 2.14. The van der Waals surface area contributed by atoms with Gasteiger partial charge in [0.1, 0.15) is 11.6 Å². The standard InChI is InChI=1S/C18H18F2N2O.C2H2O4/c19-15-5-3-4-14(12-15)13-21-8-10-22(11-9-21)18(23)16-6-1-2-7-17(16)20;3-1(4)2(5)6/h1-7,12H,8-11,13H2;(H,3,4)(H,5,6). The number of hydrogen-bond acceptors (Lipinski definition) is 4. The maximum atomic E-state index is 13.7. The summed E-state index contributed by atoms with van der Waals surface area (Å²) >= 11 is 0. The van der Waals surface area contributed by atoms with Crippen LogP contribution >= 0.6 is 0 Å². The predicted octanol–water partition coefficient (Wildman–Crippen LogP) is 2.08. The van der Waals surface area contributed by atoms with Crippen molar-refractivity contribution in [3.05, 3.63) is 71.3 Å². The van der Waals surface area contributed by atoms with Crippen molar-refractivity contribution in [1.82, 2.24) is 9.80 Å². The number of carbonyl (C=O) groups is 3. The number of carboxylic acids is 2. The molecule has 1 saturated heterocycles. The highest BCUT2D eigenvalue weighted by Gasteiger charge is 2.23. The first-order valence-corrected chi connectivity index (χ1v) is 8.74. The normalized spacial score (nSPS) is 13.9. The molecule has 0 aliphatic carbocycles. The quantitative estimate of drug-likeness (QED) is 0.758. The third kappa shape index (κ3) is 6.65. The number of aliphatic carboxylic acids is 2. The molecule has 0 unspecified atom stereocenters. The Hall–Kier alpha value is -3.33. The Kier molecular flexibility index (Phi) is 7.79. The van der Waals surface area contributed by atoms with E-state index in [9.17, 15) is 13.6 Å². The topological polar surface area (TPSA) is 98.1 Å². The van der Waals surface area contributed by atoms with Crippen molar-refractivity contribution in [3.8, 4) is 0 Å². The number of hydrogen-bond donors (Lipinski definition) is 2. The van der Waals surface area contributed by atoms with Crippen LogP contribution in [0.2, 0.25) is 0 Å². The Morgan fingerprint density at radius 3 is 2.03 bits per heavy atom. The first-order chi connectivity index (χ1) is 13.8. The fourth-order valence-corrected chi connectivity index (χ4v) is 2.81. The smallest absolute Gasteiger partial charge is 0.414 e. The summed E-state index contributed by atoms with van der Waals surface area (Å²) < 4.78 is 26.9. The Labute approximate surface area is 165 Å². The largest absolute Gasteiger partial charge is 0.473 e. The summed E-state index contributed by atoms with van der Waals surface area (Å²) in [5, 5.41) is 14.8. The fourth-order valence-electron chi connectivity index (χ4n) is 2.81. The second-order valence-electron chi connectivity index (χ2n) is 6.29. The molecule has 9 heteroatoms. The number of nitrogens with zero attached hydrogens (tertiary/aromatic N) is 2. The molecule has 0 saturated carbocycles. The molecule has 0 radical (unpaired) electrons. The van der Waals surface area contributed by atoms with E-state index in [1.54, 1.807) is 23.1 Å². The van der Waals surface area contributed by atoms with Gasteiger partial charge in [0.25, 0.3) is 5.91 Å². The molecule has 1 aliphatic heterocycles. The van der Waals surface area contributed by atoms with Gasteiger partial charge in [0.05, 0.1) is 5.56 Å². The van der Waals surface area contributed by atoms with Crippen LogP contribution in [0.25, 0.3) is 0 Å². The SMILES string of the molecule is O=C(O)C(=O)O.O=C(c1ccccc1F)N1CCN(Cc2cccc(F)c2)CC1. The number of carboxylic acid groups (broad SMARTS) is 2. The van der Waals surface area contributed by atoms with Crippen LogP contribution in [-0.4, -0.2) is 64.0 Å². The number of halogens is 2. The zero-order chi connectivity index (χ0) is 21.4. The zero-order valence-corrected chi connectivity index (χ0v) is 15.4. The van der Waals surface area contributed by atoms with E-state index in [2.05, 4.69) is 4.90 Å². The minimum atomic E-state index is -1.82. The Morgan fingerprint density at radius 1 is 0.862 bits per heavy atom. The number of amides is 1. The lowest BCUT2D eigenvalue weighted by Crippen LogP contribution is -2.48. The molecular weight excluding hydrogens is 386 g/mol. The molecule has 0 bridgehead atoms. The van der Waals surface area contributed by atoms with Gasteiger partial charge in [-0.1, -0.05) is 24.3 Å². The molecule has 1 heterocycles. The fraction of sp³-hybridized carbons (Fsp3) is 0.250. The van der Waals surface area contributed by atoms with Crippen molar-refractivity contribution in [3.63, 3.8) is 0 Å². The van der Waals surface area contributed by atoms with Gasteiger partial charge < -0.3 is 15.1 Å².